The molecule has 0 spiro atoms. The van der Waals surface area contributed by atoms with Crippen LogP contribution in [0.15, 0.2) is 6.33 Å². The first-order valence-corrected chi connectivity index (χ1v) is 6.63. The number of nitrogens with one attached hydrogen (secondary N) is 2. The summed E-state index contributed by atoms with van der Waals surface area (Å²) in [5.41, 5.74) is 0. The highest BCUT2D eigenvalue weighted by Crippen LogP contribution is 2.16. The number of carbonyl (C=O) groups excluding carboxylic acids is 1. The van der Waals surface area contributed by atoms with Crippen molar-refractivity contribution < 1.29 is 4.79 Å². The first-order valence-electron chi connectivity index (χ1n) is 6.63. The zero-order chi connectivity index (χ0) is 12.8. The molecule has 1 aromatic heterocycles. The summed E-state index contributed by atoms with van der Waals surface area (Å²) < 4.78 is 1.86. The van der Waals surface area contributed by atoms with E-state index in [4.69, 9.17) is 0 Å². The fraction of sp³-hybridized carbons (Fsp3) is 0.750. The SMILES string of the molecule is Cn1cnnc1CCNC(=O)NC1CCCCC1. The van der Waals surface area contributed by atoms with Crippen LogP contribution in [-0.4, -0.2) is 33.4 Å². The molecule has 1 saturated carbocycles. The van der Waals surface area contributed by atoms with E-state index in [1.807, 2.05) is 11.6 Å². The molecule has 1 fully saturated rings. The van der Waals surface area contributed by atoms with Gasteiger partial charge in [0.1, 0.15) is 12.2 Å². The Morgan fingerprint density at radius 3 is 2.89 bits per heavy atom. The minimum Gasteiger partial charge on any atom is -0.338 e. The Labute approximate surface area is 107 Å². The van der Waals surface area contributed by atoms with E-state index in [2.05, 4.69) is 20.8 Å². The van der Waals surface area contributed by atoms with Gasteiger partial charge in [0.2, 0.25) is 0 Å². The normalized spacial score (nSPS) is 16.5. The summed E-state index contributed by atoms with van der Waals surface area (Å²) in [6.07, 6.45) is 8.33. The van der Waals surface area contributed by atoms with Gasteiger partial charge < -0.3 is 15.2 Å². The van der Waals surface area contributed by atoms with Crippen LogP contribution in [-0.2, 0) is 13.5 Å². The van der Waals surface area contributed by atoms with E-state index in [1.165, 1.54) is 19.3 Å². The number of urea groups is 1. The maximum absolute atomic E-state index is 11.7. The number of aryl methyl sites for hydroxylation is 1. The second-order valence-corrected chi connectivity index (χ2v) is 4.84. The fourth-order valence-corrected chi connectivity index (χ4v) is 2.30. The first-order chi connectivity index (χ1) is 8.75. The van der Waals surface area contributed by atoms with Gasteiger partial charge in [-0.3, -0.25) is 0 Å². The second kappa shape index (κ2) is 6.37. The van der Waals surface area contributed by atoms with E-state index >= 15 is 0 Å². The molecule has 0 atom stereocenters. The molecule has 18 heavy (non-hydrogen) atoms. The van der Waals surface area contributed by atoms with Gasteiger partial charge in [-0.2, -0.15) is 0 Å². The summed E-state index contributed by atoms with van der Waals surface area (Å²) in [6.45, 7) is 0.588. The summed E-state index contributed by atoms with van der Waals surface area (Å²) in [6, 6.07) is 0.289. The van der Waals surface area contributed by atoms with Crippen molar-refractivity contribution in [2.75, 3.05) is 6.54 Å². The van der Waals surface area contributed by atoms with Gasteiger partial charge in [0, 0.05) is 26.1 Å². The van der Waals surface area contributed by atoms with Crippen LogP contribution in [0.5, 0.6) is 0 Å². The van der Waals surface area contributed by atoms with Crippen LogP contribution in [0.1, 0.15) is 37.9 Å². The number of nitrogens with zero attached hydrogens (tertiary/aromatic N) is 3. The Hall–Kier alpha value is -1.59. The molecule has 100 valence electrons. The molecule has 0 radical (unpaired) electrons. The smallest absolute Gasteiger partial charge is 0.315 e. The Kier molecular flexibility index (Phi) is 4.55. The van der Waals surface area contributed by atoms with Crippen LogP contribution < -0.4 is 10.6 Å². The minimum atomic E-state index is -0.0657. The van der Waals surface area contributed by atoms with Gasteiger partial charge in [-0.1, -0.05) is 19.3 Å². The van der Waals surface area contributed by atoms with E-state index < -0.39 is 0 Å². The highest BCUT2D eigenvalue weighted by molar-refractivity contribution is 5.74. The van der Waals surface area contributed by atoms with Crippen molar-refractivity contribution in [1.29, 1.82) is 0 Å². The maximum atomic E-state index is 11.7. The van der Waals surface area contributed by atoms with E-state index in [0.717, 1.165) is 18.7 Å². The molecule has 0 bridgehead atoms. The monoisotopic (exact) mass is 251 g/mol. The van der Waals surface area contributed by atoms with E-state index in [0.29, 0.717) is 19.0 Å². The van der Waals surface area contributed by atoms with Crippen molar-refractivity contribution in [3.05, 3.63) is 12.2 Å². The minimum absolute atomic E-state index is 0.0657. The van der Waals surface area contributed by atoms with Crippen molar-refractivity contribution in [1.82, 2.24) is 25.4 Å². The fourth-order valence-electron chi connectivity index (χ4n) is 2.30. The largest absolute Gasteiger partial charge is 0.338 e. The Bertz CT molecular complexity index is 384. The van der Waals surface area contributed by atoms with Crippen molar-refractivity contribution in [3.8, 4) is 0 Å². The zero-order valence-corrected chi connectivity index (χ0v) is 10.9. The van der Waals surface area contributed by atoms with Crippen LogP contribution in [0.4, 0.5) is 4.79 Å². The van der Waals surface area contributed by atoms with Gasteiger partial charge >= 0.3 is 6.03 Å². The lowest BCUT2D eigenvalue weighted by Gasteiger charge is -2.22. The number of hydrogen-bond acceptors (Lipinski definition) is 3. The topological polar surface area (TPSA) is 71.8 Å². The van der Waals surface area contributed by atoms with Crippen LogP contribution in [0, 0.1) is 0 Å². The standard InChI is InChI=1S/C12H21N5O/c1-17-9-14-16-11(17)7-8-13-12(18)15-10-5-3-2-4-6-10/h9-10H,2-8H2,1H3,(H2,13,15,18). The maximum Gasteiger partial charge on any atom is 0.315 e. The van der Waals surface area contributed by atoms with Gasteiger partial charge in [0.05, 0.1) is 0 Å². The van der Waals surface area contributed by atoms with Crippen LogP contribution >= 0.6 is 0 Å². The van der Waals surface area contributed by atoms with E-state index in [-0.39, 0.29) is 6.03 Å². The van der Waals surface area contributed by atoms with Crippen molar-refractivity contribution in [2.45, 2.75) is 44.6 Å². The Morgan fingerprint density at radius 1 is 1.44 bits per heavy atom. The number of rotatable bonds is 4. The van der Waals surface area contributed by atoms with Crippen molar-refractivity contribution in [3.63, 3.8) is 0 Å². The molecular weight excluding hydrogens is 230 g/mol. The quantitative estimate of drug-likeness (QED) is 0.838. The summed E-state index contributed by atoms with van der Waals surface area (Å²) in [5.74, 6) is 0.882. The third-order valence-electron chi connectivity index (χ3n) is 3.38. The van der Waals surface area contributed by atoms with Gasteiger partial charge in [0.25, 0.3) is 0 Å². The molecule has 1 aromatic rings. The zero-order valence-electron chi connectivity index (χ0n) is 10.9. The molecule has 6 nitrogen and oxygen atoms in total. The predicted molar refractivity (Wildman–Crippen MR) is 68.1 cm³/mol. The van der Waals surface area contributed by atoms with Crippen molar-refractivity contribution in [2.24, 2.45) is 7.05 Å². The lowest BCUT2D eigenvalue weighted by Crippen LogP contribution is -2.43. The molecule has 0 saturated heterocycles. The Balaban J connectivity index is 1.64. The van der Waals surface area contributed by atoms with Crippen molar-refractivity contribution >= 4 is 6.03 Å². The van der Waals surface area contributed by atoms with Crippen LogP contribution in [0.2, 0.25) is 0 Å². The molecule has 1 heterocycles. The third-order valence-corrected chi connectivity index (χ3v) is 3.38. The Morgan fingerprint density at radius 2 is 2.22 bits per heavy atom. The average molecular weight is 251 g/mol. The summed E-state index contributed by atoms with van der Waals surface area (Å²) >= 11 is 0. The van der Waals surface area contributed by atoms with E-state index in [9.17, 15) is 4.79 Å². The highest BCUT2D eigenvalue weighted by atomic mass is 16.2. The predicted octanol–water partition coefficient (Wildman–Crippen LogP) is 0.989. The first kappa shape index (κ1) is 12.9. The summed E-state index contributed by atoms with van der Waals surface area (Å²) in [5, 5.41) is 13.7. The van der Waals surface area contributed by atoms with Crippen LogP contribution in [0.25, 0.3) is 0 Å². The molecule has 0 aromatic carbocycles. The van der Waals surface area contributed by atoms with Crippen LogP contribution in [0.3, 0.4) is 0 Å². The molecule has 0 aliphatic heterocycles. The number of aromatic nitrogens is 3. The van der Waals surface area contributed by atoms with Gasteiger partial charge in [-0.15, -0.1) is 10.2 Å². The summed E-state index contributed by atoms with van der Waals surface area (Å²) in [4.78, 5) is 11.7. The number of amides is 2. The molecule has 1 aliphatic rings. The lowest BCUT2D eigenvalue weighted by molar-refractivity contribution is 0.232. The van der Waals surface area contributed by atoms with E-state index in [1.54, 1.807) is 6.33 Å². The number of carbonyl (C=O) groups is 1. The molecule has 2 N–H and O–H groups in total. The highest BCUT2D eigenvalue weighted by Gasteiger charge is 2.15. The molecular formula is C12H21N5O. The summed E-state index contributed by atoms with van der Waals surface area (Å²) in [7, 11) is 1.90. The average Bonchev–Trinajstić information content (AvgIpc) is 2.76. The van der Waals surface area contributed by atoms with Gasteiger partial charge in [0.15, 0.2) is 0 Å². The number of hydrogen-bond donors (Lipinski definition) is 2. The molecule has 2 rings (SSSR count). The van der Waals surface area contributed by atoms with Gasteiger partial charge in [-0.25, -0.2) is 4.79 Å². The molecule has 6 heteroatoms. The van der Waals surface area contributed by atoms with Gasteiger partial charge in [-0.05, 0) is 12.8 Å². The second-order valence-electron chi connectivity index (χ2n) is 4.84. The molecule has 0 unspecified atom stereocenters. The molecule has 2 amide bonds. The third kappa shape index (κ3) is 3.72. The lowest BCUT2D eigenvalue weighted by atomic mass is 9.96. The molecule has 1 aliphatic carbocycles.